The number of anilines is 1. The van der Waals surface area contributed by atoms with Crippen molar-refractivity contribution in [2.75, 3.05) is 12.8 Å². The van der Waals surface area contributed by atoms with E-state index in [1.807, 2.05) is 19.1 Å². The average Bonchev–Trinajstić information content (AvgIpc) is 3.22. The number of nitrogens with zero attached hydrogens (tertiary/aromatic N) is 4. The van der Waals surface area contributed by atoms with Gasteiger partial charge in [-0.15, -0.1) is 0 Å². The SMILES string of the molecule is CCn1nc(-c2cc3ccc(C(=O)OC)cc3[nH]2)c2c(N)ncnc21. The first-order valence-corrected chi connectivity index (χ1v) is 7.80. The van der Waals surface area contributed by atoms with Crippen LogP contribution in [0.5, 0.6) is 0 Å². The molecular formula is C17H16N6O2. The van der Waals surface area contributed by atoms with Gasteiger partial charge in [-0.1, -0.05) is 6.07 Å². The number of nitrogens with one attached hydrogen (secondary N) is 1. The lowest BCUT2D eigenvalue weighted by molar-refractivity contribution is 0.0601. The molecule has 4 aromatic rings. The van der Waals surface area contributed by atoms with E-state index in [-0.39, 0.29) is 5.97 Å². The van der Waals surface area contributed by atoms with Crippen molar-refractivity contribution in [1.82, 2.24) is 24.7 Å². The Morgan fingerprint density at radius 3 is 2.92 bits per heavy atom. The Bertz CT molecular complexity index is 1110. The van der Waals surface area contributed by atoms with E-state index in [4.69, 9.17) is 10.5 Å². The molecule has 0 saturated heterocycles. The highest BCUT2D eigenvalue weighted by Gasteiger charge is 2.18. The number of nitrogens with two attached hydrogens (primary N) is 1. The van der Waals surface area contributed by atoms with Crippen LogP contribution in [-0.4, -0.2) is 37.8 Å². The van der Waals surface area contributed by atoms with E-state index in [2.05, 4.69) is 20.1 Å². The number of aryl methyl sites for hydroxylation is 1. The maximum Gasteiger partial charge on any atom is 0.337 e. The van der Waals surface area contributed by atoms with E-state index in [1.54, 1.807) is 16.8 Å². The van der Waals surface area contributed by atoms with Crippen molar-refractivity contribution < 1.29 is 9.53 Å². The van der Waals surface area contributed by atoms with Gasteiger partial charge in [0.1, 0.15) is 17.8 Å². The van der Waals surface area contributed by atoms with Crippen LogP contribution in [0.1, 0.15) is 17.3 Å². The van der Waals surface area contributed by atoms with Crippen LogP contribution in [0, 0.1) is 0 Å². The molecule has 25 heavy (non-hydrogen) atoms. The second-order valence-corrected chi connectivity index (χ2v) is 5.60. The van der Waals surface area contributed by atoms with E-state index >= 15 is 0 Å². The number of benzene rings is 1. The summed E-state index contributed by atoms with van der Waals surface area (Å²) < 4.78 is 6.55. The lowest BCUT2D eigenvalue weighted by atomic mass is 10.1. The quantitative estimate of drug-likeness (QED) is 0.556. The maximum absolute atomic E-state index is 11.7. The molecule has 0 amide bonds. The minimum Gasteiger partial charge on any atom is -0.465 e. The summed E-state index contributed by atoms with van der Waals surface area (Å²) in [4.78, 5) is 23.4. The molecule has 0 bridgehead atoms. The monoisotopic (exact) mass is 336 g/mol. The number of ether oxygens (including phenoxy) is 1. The molecule has 8 nitrogen and oxygen atoms in total. The molecule has 0 aliphatic rings. The number of hydrogen-bond donors (Lipinski definition) is 2. The molecule has 0 unspecified atom stereocenters. The molecule has 1 aromatic carbocycles. The average molecular weight is 336 g/mol. The zero-order chi connectivity index (χ0) is 17.6. The molecule has 3 heterocycles. The summed E-state index contributed by atoms with van der Waals surface area (Å²) in [7, 11) is 1.36. The number of methoxy groups -OCH3 is 1. The molecule has 0 fully saturated rings. The number of aromatic nitrogens is 5. The predicted octanol–water partition coefficient (Wildman–Crippen LogP) is 2.36. The third-order valence-corrected chi connectivity index (χ3v) is 4.16. The highest BCUT2D eigenvalue weighted by atomic mass is 16.5. The second-order valence-electron chi connectivity index (χ2n) is 5.60. The van der Waals surface area contributed by atoms with Gasteiger partial charge < -0.3 is 15.5 Å². The molecule has 0 atom stereocenters. The summed E-state index contributed by atoms with van der Waals surface area (Å²) in [6.45, 7) is 2.65. The molecule has 0 aliphatic heterocycles. The zero-order valence-corrected chi connectivity index (χ0v) is 13.8. The topological polar surface area (TPSA) is 112 Å². The van der Waals surface area contributed by atoms with Gasteiger partial charge in [0, 0.05) is 17.4 Å². The summed E-state index contributed by atoms with van der Waals surface area (Å²) in [6, 6.07) is 7.31. The minimum absolute atomic E-state index is 0.378. The third-order valence-electron chi connectivity index (χ3n) is 4.16. The van der Waals surface area contributed by atoms with Crippen LogP contribution in [0.3, 0.4) is 0 Å². The molecule has 3 N–H and O–H groups in total. The van der Waals surface area contributed by atoms with Gasteiger partial charge in [-0.25, -0.2) is 19.4 Å². The molecule has 3 aromatic heterocycles. The van der Waals surface area contributed by atoms with Gasteiger partial charge >= 0.3 is 5.97 Å². The Balaban J connectivity index is 1.93. The molecule has 4 rings (SSSR count). The highest BCUT2D eigenvalue weighted by molar-refractivity contribution is 6.01. The number of esters is 1. The van der Waals surface area contributed by atoms with E-state index < -0.39 is 0 Å². The Labute approximate surface area is 142 Å². The first kappa shape index (κ1) is 15.1. The fourth-order valence-electron chi connectivity index (χ4n) is 2.94. The predicted molar refractivity (Wildman–Crippen MR) is 94.0 cm³/mol. The number of H-pyrrole nitrogens is 1. The summed E-state index contributed by atoms with van der Waals surface area (Å²) in [6.07, 6.45) is 1.43. The van der Waals surface area contributed by atoms with Gasteiger partial charge in [0.05, 0.1) is 23.8 Å². The van der Waals surface area contributed by atoms with Gasteiger partial charge in [0.25, 0.3) is 0 Å². The summed E-state index contributed by atoms with van der Waals surface area (Å²) >= 11 is 0. The number of fused-ring (bicyclic) bond motifs is 2. The summed E-state index contributed by atoms with van der Waals surface area (Å²) in [5, 5.41) is 6.29. The number of hydrogen-bond acceptors (Lipinski definition) is 6. The number of aromatic amines is 1. The summed E-state index contributed by atoms with van der Waals surface area (Å²) in [5.41, 5.74) is 9.52. The number of carbonyl (C=O) groups excluding carboxylic acids is 1. The molecule has 0 aliphatic carbocycles. The highest BCUT2D eigenvalue weighted by Crippen LogP contribution is 2.31. The smallest absolute Gasteiger partial charge is 0.337 e. The first-order chi connectivity index (χ1) is 12.1. The van der Waals surface area contributed by atoms with Crippen molar-refractivity contribution in [2.24, 2.45) is 0 Å². The normalized spacial score (nSPS) is 11.3. The van der Waals surface area contributed by atoms with Gasteiger partial charge in [-0.2, -0.15) is 5.10 Å². The van der Waals surface area contributed by atoms with Gasteiger partial charge in [0.15, 0.2) is 5.65 Å². The van der Waals surface area contributed by atoms with Gasteiger partial charge in [0.2, 0.25) is 0 Å². The number of rotatable bonds is 3. The van der Waals surface area contributed by atoms with Crippen LogP contribution in [0.15, 0.2) is 30.6 Å². The van der Waals surface area contributed by atoms with E-state index in [0.717, 1.165) is 16.6 Å². The van der Waals surface area contributed by atoms with Gasteiger partial charge in [-0.3, -0.25) is 0 Å². The molecular weight excluding hydrogens is 320 g/mol. The Morgan fingerprint density at radius 1 is 1.32 bits per heavy atom. The second kappa shape index (κ2) is 5.59. The molecule has 126 valence electrons. The first-order valence-electron chi connectivity index (χ1n) is 7.80. The molecule has 0 radical (unpaired) electrons. The van der Waals surface area contributed by atoms with Crippen molar-refractivity contribution in [2.45, 2.75) is 13.5 Å². The van der Waals surface area contributed by atoms with Crippen molar-refractivity contribution >= 4 is 33.7 Å². The lowest BCUT2D eigenvalue weighted by Crippen LogP contribution is -2.00. The Hall–Kier alpha value is -3.42. The van der Waals surface area contributed by atoms with Crippen LogP contribution >= 0.6 is 0 Å². The number of nitrogen functional groups attached to an aromatic ring is 1. The zero-order valence-electron chi connectivity index (χ0n) is 13.8. The van der Waals surface area contributed by atoms with Crippen molar-refractivity contribution in [3.8, 4) is 11.4 Å². The standard InChI is InChI=1S/C17H16N6O2/c1-3-23-16-13(15(18)19-8-20-16)14(22-23)12-6-9-4-5-10(17(24)25-2)7-11(9)21-12/h4-8,21H,3H2,1-2H3,(H2,18,19,20). The van der Waals surface area contributed by atoms with Crippen LogP contribution < -0.4 is 5.73 Å². The van der Waals surface area contributed by atoms with Crippen LogP contribution in [-0.2, 0) is 11.3 Å². The minimum atomic E-state index is -0.378. The molecule has 8 heteroatoms. The van der Waals surface area contributed by atoms with E-state index in [9.17, 15) is 4.79 Å². The number of carbonyl (C=O) groups is 1. The fourth-order valence-corrected chi connectivity index (χ4v) is 2.94. The lowest BCUT2D eigenvalue weighted by Gasteiger charge is -1.98. The van der Waals surface area contributed by atoms with E-state index in [0.29, 0.717) is 34.7 Å². The molecule has 0 saturated carbocycles. The third kappa shape index (κ3) is 2.30. The maximum atomic E-state index is 11.7. The molecule has 0 spiro atoms. The fraction of sp³-hybridized carbons (Fsp3) is 0.176. The van der Waals surface area contributed by atoms with Crippen LogP contribution in [0.25, 0.3) is 33.3 Å². The Morgan fingerprint density at radius 2 is 2.16 bits per heavy atom. The van der Waals surface area contributed by atoms with E-state index in [1.165, 1.54) is 13.4 Å². The Kier molecular flexibility index (Phi) is 3.38. The van der Waals surface area contributed by atoms with Gasteiger partial charge in [-0.05, 0) is 25.1 Å². The van der Waals surface area contributed by atoms with Crippen LogP contribution in [0.2, 0.25) is 0 Å². The largest absolute Gasteiger partial charge is 0.465 e. The van der Waals surface area contributed by atoms with Crippen molar-refractivity contribution in [3.05, 3.63) is 36.2 Å². The van der Waals surface area contributed by atoms with Crippen molar-refractivity contribution in [1.29, 1.82) is 0 Å². The van der Waals surface area contributed by atoms with Crippen molar-refractivity contribution in [3.63, 3.8) is 0 Å². The van der Waals surface area contributed by atoms with Crippen LogP contribution in [0.4, 0.5) is 5.82 Å². The summed E-state index contributed by atoms with van der Waals surface area (Å²) in [5.74, 6) is 0.00464.